The van der Waals surface area contributed by atoms with E-state index in [0.717, 1.165) is 38.4 Å². The molecule has 53 heavy (non-hydrogen) atoms. The van der Waals surface area contributed by atoms with E-state index in [1.807, 2.05) is 41.5 Å². The van der Waals surface area contributed by atoms with Crippen LogP contribution in [0.4, 0.5) is 26.0 Å². The highest BCUT2D eigenvalue weighted by atomic mass is 31.2. The second kappa shape index (κ2) is 16.9. The molecule has 1 aliphatic heterocycles. The number of aromatic nitrogens is 4. The fraction of sp³-hybridized carbons (Fsp3) is 0.500. The summed E-state index contributed by atoms with van der Waals surface area (Å²) in [5.74, 6) is -1.28. The van der Waals surface area contributed by atoms with Gasteiger partial charge in [-0.1, -0.05) is 6.07 Å². The Morgan fingerprint density at radius 1 is 1.06 bits per heavy atom. The number of amides is 1. The van der Waals surface area contributed by atoms with Crippen molar-refractivity contribution in [2.24, 2.45) is 0 Å². The molecule has 0 spiro atoms. The summed E-state index contributed by atoms with van der Waals surface area (Å²) in [6.07, 6.45) is 7.14. The predicted octanol–water partition coefficient (Wildman–Crippen LogP) is 7.48. The van der Waals surface area contributed by atoms with Crippen LogP contribution in [0.1, 0.15) is 60.8 Å². The van der Waals surface area contributed by atoms with Crippen molar-refractivity contribution >= 4 is 41.8 Å². The smallest absolute Gasteiger partial charge is 0.475 e. The zero-order chi connectivity index (χ0) is 38.4. The number of halogens is 2. The second-order valence-electron chi connectivity index (χ2n) is 14.6. The number of methoxy groups -OCH3 is 1. The number of benzene rings is 2. The monoisotopic (exact) mass is 759 g/mol. The summed E-state index contributed by atoms with van der Waals surface area (Å²) in [4.78, 5) is 23.6. The molecule has 2 aromatic heterocycles. The lowest BCUT2D eigenvalue weighted by Gasteiger charge is -2.32. The van der Waals surface area contributed by atoms with Gasteiger partial charge in [-0.3, -0.25) is 27.9 Å². The van der Waals surface area contributed by atoms with E-state index in [2.05, 4.69) is 30.6 Å². The molecule has 5 rings (SSSR count). The van der Waals surface area contributed by atoms with Gasteiger partial charge in [0.15, 0.2) is 23.1 Å². The number of phosphoric acid groups is 1. The summed E-state index contributed by atoms with van der Waals surface area (Å²) in [7, 11) is -2.25. The predicted molar refractivity (Wildman–Crippen MR) is 197 cm³/mol. The number of carbonyl (C=O) groups is 1. The minimum atomic E-state index is -3.80. The van der Waals surface area contributed by atoms with Crippen molar-refractivity contribution in [3.63, 3.8) is 0 Å². The lowest BCUT2D eigenvalue weighted by atomic mass is 10.2. The molecule has 1 amide bonds. The standard InChI is InChI=1S/C36H48F2N7O7P/c1-35(2,3)51-53(47,52-36(4,5)6)50-22-25-11-9-14-44(25)15-10-16-49-31-18-29-26(17-30(31)48-7)34(40-23-39-29)42-24-19-41-45(20-24)21-32(46)43-28-13-8-12-27(37)33(28)38/h8,12-13,17-20,23,25H,9-11,14-16,21-22H2,1-7H3,(H,43,46)(H,39,40,42)/t25-/m1/s1. The van der Waals surface area contributed by atoms with Crippen LogP contribution in [0.2, 0.25) is 0 Å². The number of rotatable bonds is 16. The number of hydrogen-bond acceptors (Lipinski definition) is 12. The lowest BCUT2D eigenvalue weighted by Crippen LogP contribution is -2.35. The van der Waals surface area contributed by atoms with Gasteiger partial charge in [-0.15, -0.1) is 0 Å². The summed E-state index contributed by atoms with van der Waals surface area (Å²) in [6, 6.07) is 7.19. The van der Waals surface area contributed by atoms with Crippen molar-refractivity contribution in [2.45, 2.75) is 84.6 Å². The molecule has 0 bridgehead atoms. The first kappa shape index (κ1) is 40.0. The van der Waals surface area contributed by atoms with E-state index in [4.69, 9.17) is 23.0 Å². The van der Waals surface area contributed by atoms with Gasteiger partial charge in [0.25, 0.3) is 0 Å². The first-order valence-electron chi connectivity index (χ1n) is 17.4. The molecule has 14 nitrogen and oxygen atoms in total. The first-order chi connectivity index (χ1) is 25.0. The normalized spacial score (nSPS) is 15.5. The quantitative estimate of drug-likeness (QED) is 0.0861. The Balaban J connectivity index is 1.16. The molecule has 1 fully saturated rings. The highest BCUT2D eigenvalue weighted by Gasteiger charge is 2.38. The number of nitrogens with zero attached hydrogens (tertiary/aromatic N) is 5. The van der Waals surface area contributed by atoms with Crippen molar-refractivity contribution in [1.82, 2.24) is 24.6 Å². The fourth-order valence-corrected chi connectivity index (χ4v) is 7.61. The largest absolute Gasteiger partial charge is 0.493 e. The molecule has 0 unspecified atom stereocenters. The number of likely N-dealkylation sites (tertiary alicyclic amines) is 1. The van der Waals surface area contributed by atoms with Crippen LogP contribution in [-0.2, 0) is 29.5 Å². The van der Waals surface area contributed by atoms with Crippen molar-refractivity contribution in [2.75, 3.05) is 44.0 Å². The van der Waals surface area contributed by atoms with Gasteiger partial charge < -0.3 is 20.1 Å². The highest BCUT2D eigenvalue weighted by Crippen LogP contribution is 2.55. The molecule has 1 aliphatic rings. The molecular formula is C36H48F2N7O7P. The van der Waals surface area contributed by atoms with Gasteiger partial charge in [0.2, 0.25) is 5.91 Å². The number of hydrogen-bond donors (Lipinski definition) is 2. The van der Waals surface area contributed by atoms with Crippen LogP contribution in [0.15, 0.2) is 49.1 Å². The number of anilines is 3. The van der Waals surface area contributed by atoms with Crippen molar-refractivity contribution < 1.29 is 41.2 Å². The van der Waals surface area contributed by atoms with Crippen LogP contribution in [-0.4, -0.2) is 81.2 Å². The maximum atomic E-state index is 14.0. The zero-order valence-corrected chi connectivity index (χ0v) is 32.0. The van der Waals surface area contributed by atoms with Gasteiger partial charge in [0.1, 0.15) is 18.7 Å². The molecule has 1 saturated heterocycles. The van der Waals surface area contributed by atoms with E-state index in [1.54, 1.807) is 25.4 Å². The minimum Gasteiger partial charge on any atom is -0.493 e. The summed E-state index contributed by atoms with van der Waals surface area (Å²) in [5, 5.41) is 10.4. The van der Waals surface area contributed by atoms with Crippen molar-refractivity contribution in [1.29, 1.82) is 0 Å². The second-order valence-corrected chi connectivity index (χ2v) is 16.1. The summed E-state index contributed by atoms with van der Waals surface area (Å²) >= 11 is 0. The summed E-state index contributed by atoms with van der Waals surface area (Å²) in [5.41, 5.74) is -0.519. The van der Waals surface area contributed by atoms with E-state index in [1.165, 1.54) is 29.3 Å². The SMILES string of the molecule is COc1cc2c(Nc3cnn(CC(=O)Nc4cccc(F)c4F)c3)ncnc2cc1OCCCN1CCC[C@@H]1COP(=O)(OC(C)(C)C)OC(C)(C)C. The van der Waals surface area contributed by atoms with Gasteiger partial charge in [-0.2, -0.15) is 5.10 Å². The van der Waals surface area contributed by atoms with Crippen molar-refractivity contribution in [3.8, 4) is 11.5 Å². The maximum Gasteiger partial charge on any atom is 0.475 e. The number of ether oxygens (including phenoxy) is 2. The lowest BCUT2D eigenvalue weighted by molar-refractivity contribution is -0.116. The Bertz CT molecular complexity index is 1910. The number of nitrogens with one attached hydrogen (secondary N) is 2. The molecule has 1 atom stereocenters. The van der Waals surface area contributed by atoms with Crippen molar-refractivity contribution in [3.05, 3.63) is 60.7 Å². The van der Waals surface area contributed by atoms with Gasteiger partial charge in [-0.25, -0.2) is 23.3 Å². The van der Waals surface area contributed by atoms with Gasteiger partial charge in [0.05, 0.1) is 54.6 Å². The number of fused-ring (bicyclic) bond motifs is 1. The topological polar surface area (TPSA) is 151 Å². The molecule has 17 heteroatoms. The Kier molecular flexibility index (Phi) is 12.7. The third-order valence-corrected chi connectivity index (χ3v) is 9.90. The minimum absolute atomic E-state index is 0.0716. The first-order valence-corrected chi connectivity index (χ1v) is 18.9. The van der Waals surface area contributed by atoms with E-state index in [9.17, 15) is 18.1 Å². The van der Waals surface area contributed by atoms with Crippen LogP contribution in [0, 0.1) is 11.6 Å². The molecular weight excluding hydrogens is 711 g/mol. The Hall–Kier alpha value is -4.21. The maximum absolute atomic E-state index is 14.0. The van der Waals surface area contributed by atoms with Gasteiger partial charge >= 0.3 is 7.82 Å². The van der Waals surface area contributed by atoms with E-state index in [0.29, 0.717) is 40.5 Å². The average molecular weight is 760 g/mol. The van der Waals surface area contributed by atoms with Gasteiger partial charge in [-0.05, 0) is 85.5 Å². The summed E-state index contributed by atoms with van der Waals surface area (Å²) in [6.45, 7) is 13.0. The third kappa shape index (κ3) is 11.4. The van der Waals surface area contributed by atoms with Crippen LogP contribution < -0.4 is 20.1 Å². The Morgan fingerprint density at radius 3 is 2.53 bits per heavy atom. The average Bonchev–Trinajstić information content (AvgIpc) is 3.71. The number of carbonyl (C=O) groups excluding carboxylic acids is 1. The van der Waals surface area contributed by atoms with E-state index < -0.39 is 36.6 Å². The molecule has 2 N–H and O–H groups in total. The van der Waals surface area contributed by atoms with Crippen LogP contribution in [0.25, 0.3) is 10.9 Å². The van der Waals surface area contributed by atoms with E-state index in [-0.39, 0.29) is 24.9 Å². The van der Waals surface area contributed by atoms with E-state index >= 15 is 0 Å². The molecule has 288 valence electrons. The van der Waals surface area contributed by atoms with Crippen LogP contribution in [0.5, 0.6) is 11.5 Å². The summed E-state index contributed by atoms with van der Waals surface area (Å²) < 4.78 is 71.6. The Morgan fingerprint density at radius 2 is 1.81 bits per heavy atom. The molecule has 4 aromatic rings. The molecule has 3 heterocycles. The zero-order valence-electron chi connectivity index (χ0n) is 31.1. The van der Waals surface area contributed by atoms with Gasteiger partial charge in [0, 0.05) is 30.2 Å². The van der Waals surface area contributed by atoms with Crippen LogP contribution in [0.3, 0.4) is 0 Å². The number of phosphoric ester groups is 1. The third-order valence-electron chi connectivity index (χ3n) is 7.89. The molecule has 2 aromatic carbocycles. The fourth-order valence-electron chi connectivity index (χ4n) is 5.77. The molecule has 0 radical (unpaired) electrons. The highest BCUT2D eigenvalue weighted by molar-refractivity contribution is 7.48. The molecule has 0 saturated carbocycles. The molecule has 0 aliphatic carbocycles. The Labute approximate surface area is 308 Å². The van der Waals surface area contributed by atoms with Crippen LogP contribution >= 0.6 is 7.82 Å².